The summed E-state index contributed by atoms with van der Waals surface area (Å²) in [7, 11) is 1.88. The van der Waals surface area contributed by atoms with E-state index in [1.54, 1.807) is 36.4 Å². The summed E-state index contributed by atoms with van der Waals surface area (Å²) in [5.74, 6) is 0.696. The van der Waals surface area contributed by atoms with Crippen molar-refractivity contribution in [1.82, 2.24) is 4.90 Å². The topological polar surface area (TPSA) is 53.3 Å². The third-order valence-corrected chi connectivity index (χ3v) is 4.02. The molecule has 0 spiro atoms. The maximum atomic E-state index is 12.4. The maximum Gasteiger partial charge on any atom is 0.193 e. The monoisotopic (exact) mass is 398 g/mol. The van der Waals surface area contributed by atoms with Gasteiger partial charge in [-0.05, 0) is 55.6 Å². The van der Waals surface area contributed by atoms with E-state index in [9.17, 15) is 4.79 Å². The van der Waals surface area contributed by atoms with Crippen LogP contribution in [0.25, 0.3) is 0 Å². The summed E-state index contributed by atoms with van der Waals surface area (Å²) in [6.45, 7) is 1.55. The van der Waals surface area contributed by atoms with Crippen LogP contribution in [0, 0.1) is 11.3 Å². The number of nitrogens with zero attached hydrogens (tertiary/aromatic N) is 2. The third-order valence-electron chi connectivity index (χ3n) is 3.49. The zero-order valence-electron chi connectivity index (χ0n) is 14.0. The van der Waals surface area contributed by atoms with Crippen molar-refractivity contribution in [1.29, 1.82) is 5.26 Å². The predicted octanol–water partition coefficient (Wildman–Crippen LogP) is 4.07. The molecule has 0 saturated carbocycles. The van der Waals surface area contributed by atoms with Crippen LogP contribution in [0.2, 0.25) is 0 Å². The molecule has 0 radical (unpaired) electrons. The average Bonchev–Trinajstić information content (AvgIpc) is 2.62. The summed E-state index contributed by atoms with van der Waals surface area (Å²) in [5.41, 5.74) is 1.28. The lowest BCUT2D eigenvalue weighted by Gasteiger charge is -2.08. The third kappa shape index (κ3) is 6.18. The number of halogens is 1. The fraction of sp³-hybridized carbons (Fsp3) is 0.200. The van der Waals surface area contributed by atoms with E-state index in [-0.39, 0.29) is 5.78 Å². The molecule has 0 aliphatic heterocycles. The summed E-state index contributed by atoms with van der Waals surface area (Å²) in [5, 5.41) is 8.57. The molecule has 0 fully saturated rings. The second kappa shape index (κ2) is 9.77. The lowest BCUT2D eigenvalue weighted by atomic mass is 10.0. The molecule has 25 heavy (non-hydrogen) atoms. The zero-order valence-corrected chi connectivity index (χ0v) is 15.6. The van der Waals surface area contributed by atoms with Crippen LogP contribution in [0.5, 0.6) is 5.75 Å². The van der Waals surface area contributed by atoms with Crippen LogP contribution >= 0.6 is 15.9 Å². The van der Waals surface area contributed by atoms with Gasteiger partial charge in [-0.3, -0.25) is 9.69 Å². The Balaban J connectivity index is 1.85. The van der Waals surface area contributed by atoms with Crippen LogP contribution in [0.15, 0.2) is 65.2 Å². The second-order valence-corrected chi connectivity index (χ2v) is 6.41. The molecule has 2 aromatic rings. The molecule has 0 aromatic heterocycles. The number of ketones is 1. The van der Waals surface area contributed by atoms with Crippen LogP contribution in [0.1, 0.15) is 15.9 Å². The quantitative estimate of drug-likeness (QED) is 0.382. The molecule has 0 heterocycles. The highest BCUT2D eigenvalue weighted by Crippen LogP contribution is 2.17. The van der Waals surface area contributed by atoms with Crippen molar-refractivity contribution in [3.8, 4) is 11.8 Å². The van der Waals surface area contributed by atoms with Gasteiger partial charge in [0.1, 0.15) is 12.4 Å². The summed E-state index contributed by atoms with van der Waals surface area (Å²) in [4.78, 5) is 14.3. The average molecular weight is 399 g/mol. The van der Waals surface area contributed by atoms with Gasteiger partial charge in [-0.1, -0.05) is 28.1 Å². The number of carbonyl (C=O) groups is 1. The first kappa shape index (κ1) is 18.9. The highest BCUT2D eigenvalue weighted by Gasteiger charge is 2.08. The van der Waals surface area contributed by atoms with Crippen LogP contribution < -0.4 is 4.74 Å². The molecule has 0 bridgehead atoms. The molecule has 0 aliphatic rings. The fourth-order valence-corrected chi connectivity index (χ4v) is 2.39. The summed E-state index contributed by atoms with van der Waals surface area (Å²) < 4.78 is 6.56. The molecular formula is C20H19BrN2O2. The molecule has 4 nitrogen and oxygen atoms in total. The lowest BCUT2D eigenvalue weighted by molar-refractivity contribution is 0.103. The number of hydrogen-bond donors (Lipinski definition) is 0. The molecule has 0 unspecified atom stereocenters. The highest BCUT2D eigenvalue weighted by atomic mass is 79.9. The van der Waals surface area contributed by atoms with E-state index in [0.717, 1.165) is 4.47 Å². The smallest absolute Gasteiger partial charge is 0.193 e. The number of benzene rings is 2. The van der Waals surface area contributed by atoms with Gasteiger partial charge in [0.05, 0.1) is 12.6 Å². The molecule has 5 heteroatoms. The van der Waals surface area contributed by atoms with Crippen LogP contribution in [-0.2, 0) is 0 Å². The van der Waals surface area contributed by atoms with Gasteiger partial charge in [-0.2, -0.15) is 5.26 Å². The minimum absolute atomic E-state index is 0.0144. The van der Waals surface area contributed by atoms with Gasteiger partial charge in [-0.15, -0.1) is 0 Å². The van der Waals surface area contributed by atoms with Crippen molar-refractivity contribution < 1.29 is 9.53 Å². The second-order valence-electron chi connectivity index (χ2n) is 5.50. The van der Waals surface area contributed by atoms with Gasteiger partial charge in [-0.25, -0.2) is 0 Å². The van der Waals surface area contributed by atoms with E-state index >= 15 is 0 Å². The first-order chi connectivity index (χ1) is 12.1. The van der Waals surface area contributed by atoms with Gasteiger partial charge in [0.15, 0.2) is 5.78 Å². The van der Waals surface area contributed by atoms with E-state index in [1.807, 2.05) is 36.2 Å². The Morgan fingerprint density at radius 1 is 1.12 bits per heavy atom. The number of hydrogen-bond acceptors (Lipinski definition) is 4. The number of rotatable bonds is 8. The van der Waals surface area contributed by atoms with Gasteiger partial charge in [0.2, 0.25) is 0 Å². The van der Waals surface area contributed by atoms with E-state index in [4.69, 9.17) is 10.00 Å². The Morgan fingerprint density at radius 2 is 1.72 bits per heavy atom. The van der Waals surface area contributed by atoms with Crippen LogP contribution in [-0.4, -0.2) is 37.4 Å². The Hall–Kier alpha value is -2.42. The molecule has 0 aliphatic carbocycles. The first-order valence-electron chi connectivity index (χ1n) is 7.84. The van der Waals surface area contributed by atoms with E-state index < -0.39 is 0 Å². The predicted molar refractivity (Wildman–Crippen MR) is 102 cm³/mol. The van der Waals surface area contributed by atoms with Gasteiger partial charge >= 0.3 is 0 Å². The molecule has 0 N–H and O–H groups in total. The Kier molecular flexibility index (Phi) is 7.39. The molecule has 2 rings (SSSR count). The summed E-state index contributed by atoms with van der Waals surface area (Å²) in [6.07, 6.45) is 3.87. The van der Waals surface area contributed by atoms with E-state index in [2.05, 4.69) is 22.0 Å². The molecule has 0 saturated heterocycles. The Bertz CT molecular complexity index is 762. The molecule has 128 valence electrons. The largest absolute Gasteiger partial charge is 0.490 e. The normalized spacial score (nSPS) is 10.8. The Labute approximate surface area is 156 Å². The van der Waals surface area contributed by atoms with Crippen molar-refractivity contribution in [2.75, 3.05) is 26.7 Å². The number of likely N-dealkylation sites (N-methyl/N-ethyl adjacent to an activating group) is 1. The SMILES string of the molecule is CN(CC#N)CC=CCOc1ccc(C(=O)c2ccc(Br)cc2)cc1. The van der Waals surface area contributed by atoms with Gasteiger partial charge in [0, 0.05) is 22.1 Å². The summed E-state index contributed by atoms with van der Waals surface area (Å²) in [6, 6.07) is 16.5. The summed E-state index contributed by atoms with van der Waals surface area (Å²) >= 11 is 3.36. The molecule has 2 aromatic carbocycles. The van der Waals surface area contributed by atoms with Crippen molar-refractivity contribution in [2.45, 2.75) is 0 Å². The maximum absolute atomic E-state index is 12.4. The van der Waals surface area contributed by atoms with Crippen molar-refractivity contribution >= 4 is 21.7 Å². The standard InChI is InChI=1S/C20H19BrN2O2/c1-23(14-12-22)13-2-3-15-25-19-10-6-17(7-11-19)20(24)16-4-8-18(21)9-5-16/h2-11H,13-15H2,1H3. The minimum Gasteiger partial charge on any atom is -0.490 e. The zero-order chi connectivity index (χ0) is 18.1. The molecular weight excluding hydrogens is 380 g/mol. The van der Waals surface area contributed by atoms with E-state index in [0.29, 0.717) is 36.6 Å². The lowest BCUT2D eigenvalue weighted by Crippen LogP contribution is -2.18. The van der Waals surface area contributed by atoms with Crippen molar-refractivity contribution in [3.63, 3.8) is 0 Å². The van der Waals surface area contributed by atoms with Crippen LogP contribution in [0.3, 0.4) is 0 Å². The fourth-order valence-electron chi connectivity index (χ4n) is 2.12. The number of carbonyl (C=O) groups excluding carboxylic acids is 1. The number of nitriles is 1. The number of ether oxygens (including phenoxy) is 1. The van der Waals surface area contributed by atoms with Gasteiger partial charge in [0.25, 0.3) is 0 Å². The van der Waals surface area contributed by atoms with E-state index in [1.165, 1.54) is 0 Å². The Morgan fingerprint density at radius 3 is 2.32 bits per heavy atom. The molecule has 0 amide bonds. The minimum atomic E-state index is -0.0144. The molecule has 0 atom stereocenters. The van der Waals surface area contributed by atoms with Crippen LogP contribution in [0.4, 0.5) is 0 Å². The highest BCUT2D eigenvalue weighted by molar-refractivity contribution is 9.10. The van der Waals surface area contributed by atoms with Crippen molar-refractivity contribution in [2.24, 2.45) is 0 Å². The van der Waals surface area contributed by atoms with Crippen molar-refractivity contribution in [3.05, 3.63) is 76.3 Å². The first-order valence-corrected chi connectivity index (χ1v) is 8.63. The van der Waals surface area contributed by atoms with Gasteiger partial charge < -0.3 is 4.74 Å².